The lowest BCUT2D eigenvalue weighted by Gasteiger charge is -2.37. The Hall–Kier alpha value is -1.10. The van der Waals surface area contributed by atoms with Crippen LogP contribution in [0.25, 0.3) is 0 Å². The van der Waals surface area contributed by atoms with E-state index in [-0.39, 0.29) is 17.7 Å². The van der Waals surface area contributed by atoms with Gasteiger partial charge in [0.2, 0.25) is 11.8 Å². The Balaban J connectivity index is 1.36. The van der Waals surface area contributed by atoms with Gasteiger partial charge in [0.05, 0.1) is 6.54 Å². The van der Waals surface area contributed by atoms with Gasteiger partial charge in [0.15, 0.2) is 0 Å². The molecule has 0 aromatic rings. The summed E-state index contributed by atoms with van der Waals surface area (Å²) in [6, 6.07) is 0.726. The standard InChI is InChI=1S/C22H39N3O2/c1-17-8-10-20(11-9-17)24(2)21(26)16-25-14-12-19(13-15-25)23-22(27)18-6-4-3-5-7-18/h17-20H,3-16H2,1-2H3,(H,23,27). The van der Waals surface area contributed by atoms with Gasteiger partial charge in [-0.3, -0.25) is 14.5 Å². The van der Waals surface area contributed by atoms with Crippen LogP contribution >= 0.6 is 0 Å². The maximum absolute atomic E-state index is 12.7. The second kappa shape index (κ2) is 9.90. The molecule has 0 bridgehead atoms. The molecule has 1 saturated heterocycles. The van der Waals surface area contributed by atoms with Crippen molar-refractivity contribution < 1.29 is 9.59 Å². The monoisotopic (exact) mass is 377 g/mol. The molecular weight excluding hydrogens is 338 g/mol. The summed E-state index contributed by atoms with van der Waals surface area (Å²) in [7, 11) is 1.99. The van der Waals surface area contributed by atoms with E-state index in [2.05, 4.69) is 17.1 Å². The Kier molecular flexibility index (Phi) is 7.57. The Labute approximate surface area is 165 Å². The molecule has 0 atom stereocenters. The Morgan fingerprint density at radius 2 is 1.56 bits per heavy atom. The first-order valence-electron chi connectivity index (χ1n) is 11.3. The number of carbonyl (C=O) groups excluding carboxylic acids is 2. The zero-order valence-electron chi connectivity index (χ0n) is 17.4. The molecule has 2 amide bonds. The second-order valence-corrected chi connectivity index (χ2v) is 9.31. The fourth-order valence-corrected chi connectivity index (χ4v) is 5.06. The SMILES string of the molecule is CC1CCC(N(C)C(=O)CN2CCC(NC(=O)C3CCCCC3)CC2)CC1. The Morgan fingerprint density at radius 3 is 2.19 bits per heavy atom. The molecule has 2 aliphatic carbocycles. The molecule has 1 aliphatic heterocycles. The highest BCUT2D eigenvalue weighted by atomic mass is 16.2. The molecule has 0 spiro atoms. The van der Waals surface area contributed by atoms with Crippen molar-refractivity contribution in [2.75, 3.05) is 26.7 Å². The molecule has 5 nitrogen and oxygen atoms in total. The highest BCUT2D eigenvalue weighted by Crippen LogP contribution is 2.27. The lowest BCUT2D eigenvalue weighted by atomic mass is 9.87. The predicted molar refractivity (Wildman–Crippen MR) is 108 cm³/mol. The van der Waals surface area contributed by atoms with E-state index >= 15 is 0 Å². The molecule has 154 valence electrons. The number of nitrogens with one attached hydrogen (secondary N) is 1. The molecule has 0 aromatic carbocycles. The number of likely N-dealkylation sites (tertiary alicyclic amines) is 1. The molecule has 3 fully saturated rings. The minimum Gasteiger partial charge on any atom is -0.353 e. The highest BCUT2D eigenvalue weighted by molar-refractivity contribution is 5.79. The molecule has 3 aliphatic rings. The van der Waals surface area contributed by atoms with Gasteiger partial charge in [-0.25, -0.2) is 0 Å². The third kappa shape index (κ3) is 5.94. The van der Waals surface area contributed by atoms with Crippen LogP contribution in [0.1, 0.15) is 77.6 Å². The summed E-state index contributed by atoms with van der Waals surface area (Å²) in [6.07, 6.45) is 12.5. The van der Waals surface area contributed by atoms with E-state index < -0.39 is 0 Å². The number of amides is 2. The third-order valence-electron chi connectivity index (χ3n) is 7.20. The fourth-order valence-electron chi connectivity index (χ4n) is 5.06. The first-order chi connectivity index (χ1) is 13.0. The molecule has 1 N–H and O–H groups in total. The summed E-state index contributed by atoms with van der Waals surface area (Å²) >= 11 is 0. The molecule has 3 rings (SSSR count). The van der Waals surface area contributed by atoms with Gasteiger partial charge in [-0.1, -0.05) is 26.2 Å². The van der Waals surface area contributed by atoms with Crippen molar-refractivity contribution in [3.8, 4) is 0 Å². The van der Waals surface area contributed by atoms with Crippen molar-refractivity contribution >= 4 is 11.8 Å². The highest BCUT2D eigenvalue weighted by Gasteiger charge is 2.29. The number of hydrogen-bond donors (Lipinski definition) is 1. The largest absolute Gasteiger partial charge is 0.353 e. The van der Waals surface area contributed by atoms with E-state index in [1.165, 1.54) is 32.1 Å². The topological polar surface area (TPSA) is 52.7 Å². The lowest BCUT2D eigenvalue weighted by molar-refractivity contribution is -0.134. The van der Waals surface area contributed by atoms with E-state index in [9.17, 15) is 9.59 Å². The van der Waals surface area contributed by atoms with Gasteiger partial charge in [-0.2, -0.15) is 0 Å². The first kappa shape index (κ1) is 20.6. The van der Waals surface area contributed by atoms with Crippen molar-refractivity contribution in [2.24, 2.45) is 11.8 Å². The summed E-state index contributed by atoms with van der Waals surface area (Å²) in [5, 5.41) is 3.28. The van der Waals surface area contributed by atoms with Gasteiger partial charge in [0.1, 0.15) is 0 Å². The van der Waals surface area contributed by atoms with Crippen LogP contribution in [-0.4, -0.2) is 60.4 Å². The van der Waals surface area contributed by atoms with Crippen LogP contribution in [0.2, 0.25) is 0 Å². The summed E-state index contributed by atoms with van der Waals surface area (Å²) in [5.74, 6) is 1.59. The summed E-state index contributed by atoms with van der Waals surface area (Å²) < 4.78 is 0. The van der Waals surface area contributed by atoms with Crippen molar-refractivity contribution in [2.45, 2.75) is 89.6 Å². The van der Waals surface area contributed by atoms with Crippen LogP contribution in [0.4, 0.5) is 0 Å². The number of carbonyl (C=O) groups is 2. The van der Waals surface area contributed by atoms with Gasteiger partial charge in [0.25, 0.3) is 0 Å². The number of hydrogen-bond acceptors (Lipinski definition) is 3. The Bertz CT molecular complexity index is 488. The third-order valence-corrected chi connectivity index (χ3v) is 7.20. The zero-order valence-corrected chi connectivity index (χ0v) is 17.4. The molecule has 27 heavy (non-hydrogen) atoms. The number of piperidine rings is 1. The molecule has 5 heteroatoms. The van der Waals surface area contributed by atoms with Crippen molar-refractivity contribution in [1.29, 1.82) is 0 Å². The molecule has 1 heterocycles. The van der Waals surface area contributed by atoms with Crippen LogP contribution in [0.5, 0.6) is 0 Å². The van der Waals surface area contributed by atoms with Crippen molar-refractivity contribution in [3.63, 3.8) is 0 Å². The number of likely N-dealkylation sites (N-methyl/N-ethyl adjacent to an activating group) is 1. The summed E-state index contributed by atoms with van der Waals surface area (Å²) in [5.41, 5.74) is 0. The first-order valence-corrected chi connectivity index (χ1v) is 11.3. The normalized spacial score (nSPS) is 28.7. The average molecular weight is 378 g/mol. The van der Waals surface area contributed by atoms with E-state index in [0.29, 0.717) is 18.6 Å². The van der Waals surface area contributed by atoms with Gasteiger partial charge >= 0.3 is 0 Å². The van der Waals surface area contributed by atoms with Gasteiger partial charge in [-0.05, 0) is 57.3 Å². The minimum absolute atomic E-state index is 0.241. The predicted octanol–water partition coefficient (Wildman–Crippen LogP) is 3.18. The number of nitrogens with zero attached hydrogens (tertiary/aromatic N) is 2. The fraction of sp³-hybridized carbons (Fsp3) is 0.909. The smallest absolute Gasteiger partial charge is 0.236 e. The van der Waals surface area contributed by atoms with Crippen molar-refractivity contribution in [3.05, 3.63) is 0 Å². The summed E-state index contributed by atoms with van der Waals surface area (Å²) in [6.45, 7) is 4.68. The van der Waals surface area contributed by atoms with E-state index in [1.807, 2.05) is 11.9 Å². The van der Waals surface area contributed by atoms with Crippen LogP contribution in [0.15, 0.2) is 0 Å². The van der Waals surface area contributed by atoms with Gasteiger partial charge in [-0.15, -0.1) is 0 Å². The van der Waals surface area contributed by atoms with Crippen molar-refractivity contribution in [1.82, 2.24) is 15.1 Å². The summed E-state index contributed by atoms with van der Waals surface area (Å²) in [4.78, 5) is 29.4. The van der Waals surface area contributed by atoms with Crippen LogP contribution in [0.3, 0.4) is 0 Å². The van der Waals surface area contributed by atoms with Crippen LogP contribution in [0, 0.1) is 11.8 Å². The average Bonchev–Trinajstić information content (AvgIpc) is 2.70. The van der Waals surface area contributed by atoms with Crippen LogP contribution < -0.4 is 5.32 Å². The molecular formula is C22H39N3O2. The number of rotatable bonds is 5. The quantitative estimate of drug-likeness (QED) is 0.800. The van der Waals surface area contributed by atoms with E-state index in [4.69, 9.17) is 0 Å². The second-order valence-electron chi connectivity index (χ2n) is 9.31. The maximum atomic E-state index is 12.7. The minimum atomic E-state index is 0.241. The van der Waals surface area contributed by atoms with Crippen LogP contribution in [-0.2, 0) is 9.59 Å². The zero-order chi connectivity index (χ0) is 19.2. The molecule has 0 unspecified atom stereocenters. The van der Waals surface area contributed by atoms with Gasteiger partial charge < -0.3 is 10.2 Å². The lowest BCUT2D eigenvalue weighted by Crippen LogP contribution is -2.50. The molecule has 0 aromatic heterocycles. The molecule has 2 saturated carbocycles. The van der Waals surface area contributed by atoms with Gasteiger partial charge in [0, 0.05) is 38.1 Å². The molecule has 0 radical (unpaired) electrons. The Morgan fingerprint density at radius 1 is 0.926 bits per heavy atom. The maximum Gasteiger partial charge on any atom is 0.236 e. The van der Waals surface area contributed by atoms with E-state index in [0.717, 1.165) is 57.5 Å². The van der Waals surface area contributed by atoms with E-state index in [1.54, 1.807) is 0 Å².